The van der Waals surface area contributed by atoms with Gasteiger partial charge in [-0.1, -0.05) is 35.3 Å². The lowest BCUT2D eigenvalue weighted by molar-refractivity contribution is 0.627. The summed E-state index contributed by atoms with van der Waals surface area (Å²) in [6.07, 6.45) is 2.38. The second kappa shape index (κ2) is 8.14. The summed E-state index contributed by atoms with van der Waals surface area (Å²) in [5, 5.41) is 7.40. The van der Waals surface area contributed by atoms with E-state index in [9.17, 15) is 4.39 Å². The van der Waals surface area contributed by atoms with Crippen molar-refractivity contribution in [2.24, 2.45) is 0 Å². The SMILES string of the molecule is Fc1ccc(CCNc2nccc(Nc3cc(Cl)ccc3Cl)n2)cc1. The average molecular weight is 377 g/mol. The molecule has 0 bridgehead atoms. The Hall–Kier alpha value is -2.37. The Labute approximate surface area is 155 Å². The van der Waals surface area contributed by atoms with Crippen LogP contribution < -0.4 is 10.6 Å². The van der Waals surface area contributed by atoms with Crippen molar-refractivity contribution < 1.29 is 4.39 Å². The van der Waals surface area contributed by atoms with Gasteiger partial charge in [0, 0.05) is 17.8 Å². The molecule has 3 aromatic rings. The third-order valence-electron chi connectivity index (χ3n) is 3.46. The van der Waals surface area contributed by atoms with Gasteiger partial charge >= 0.3 is 0 Å². The van der Waals surface area contributed by atoms with Gasteiger partial charge in [0.2, 0.25) is 5.95 Å². The zero-order valence-corrected chi connectivity index (χ0v) is 14.7. The molecule has 0 aliphatic heterocycles. The Balaban J connectivity index is 1.61. The summed E-state index contributed by atoms with van der Waals surface area (Å²) in [4.78, 5) is 8.57. The fourth-order valence-electron chi connectivity index (χ4n) is 2.21. The van der Waals surface area contributed by atoms with Crippen molar-refractivity contribution in [3.8, 4) is 0 Å². The van der Waals surface area contributed by atoms with Gasteiger partial charge in [0.15, 0.2) is 0 Å². The largest absolute Gasteiger partial charge is 0.354 e. The lowest BCUT2D eigenvalue weighted by Gasteiger charge is -2.10. The normalized spacial score (nSPS) is 10.5. The topological polar surface area (TPSA) is 49.8 Å². The third kappa shape index (κ3) is 5.05. The highest BCUT2D eigenvalue weighted by Gasteiger charge is 2.04. The summed E-state index contributed by atoms with van der Waals surface area (Å²) in [5.41, 5.74) is 1.71. The molecule has 25 heavy (non-hydrogen) atoms. The van der Waals surface area contributed by atoms with E-state index in [1.54, 1.807) is 42.6 Å². The number of halogens is 3. The molecule has 0 unspecified atom stereocenters. The number of rotatable bonds is 6. The molecule has 0 amide bonds. The first-order valence-corrected chi connectivity index (χ1v) is 8.39. The minimum absolute atomic E-state index is 0.238. The molecule has 7 heteroatoms. The lowest BCUT2D eigenvalue weighted by atomic mass is 10.1. The van der Waals surface area contributed by atoms with Gasteiger partial charge in [-0.05, 0) is 48.4 Å². The minimum atomic E-state index is -0.238. The van der Waals surface area contributed by atoms with E-state index in [4.69, 9.17) is 23.2 Å². The summed E-state index contributed by atoms with van der Waals surface area (Å²) in [6, 6.07) is 13.3. The van der Waals surface area contributed by atoms with Crippen LogP contribution in [0.5, 0.6) is 0 Å². The predicted molar refractivity (Wildman–Crippen MR) is 100 cm³/mol. The maximum absolute atomic E-state index is 12.9. The van der Waals surface area contributed by atoms with Crippen LogP contribution >= 0.6 is 23.2 Å². The molecule has 0 aliphatic rings. The highest BCUT2D eigenvalue weighted by Crippen LogP contribution is 2.27. The molecule has 128 valence electrons. The van der Waals surface area contributed by atoms with Gasteiger partial charge in [-0.2, -0.15) is 4.98 Å². The fraction of sp³-hybridized carbons (Fsp3) is 0.111. The third-order valence-corrected chi connectivity index (χ3v) is 4.02. The van der Waals surface area contributed by atoms with E-state index < -0.39 is 0 Å². The first-order chi connectivity index (χ1) is 12.1. The molecule has 2 N–H and O–H groups in total. The summed E-state index contributed by atoms with van der Waals surface area (Å²) < 4.78 is 12.9. The fourth-order valence-corrected chi connectivity index (χ4v) is 2.55. The van der Waals surface area contributed by atoms with Crippen molar-refractivity contribution in [1.29, 1.82) is 0 Å². The van der Waals surface area contributed by atoms with Crippen molar-refractivity contribution in [2.75, 3.05) is 17.2 Å². The number of nitrogens with zero attached hydrogens (tertiary/aromatic N) is 2. The average Bonchev–Trinajstić information content (AvgIpc) is 2.60. The molecule has 0 aliphatic carbocycles. The number of aromatic nitrogens is 2. The second-order valence-electron chi connectivity index (χ2n) is 5.32. The number of hydrogen-bond donors (Lipinski definition) is 2. The van der Waals surface area contributed by atoms with Crippen LogP contribution in [0.1, 0.15) is 5.56 Å². The van der Waals surface area contributed by atoms with Crippen molar-refractivity contribution in [1.82, 2.24) is 9.97 Å². The van der Waals surface area contributed by atoms with Gasteiger partial charge in [0.25, 0.3) is 0 Å². The maximum Gasteiger partial charge on any atom is 0.224 e. The molecule has 2 aromatic carbocycles. The standard InChI is InChI=1S/C18H15Cl2FN4/c19-13-3-6-15(20)16(11-13)24-17-8-10-23-18(25-17)22-9-7-12-1-4-14(21)5-2-12/h1-6,8,10-11H,7,9H2,(H2,22,23,24,25). The molecule has 0 fully saturated rings. The molecular formula is C18H15Cl2FN4. The van der Waals surface area contributed by atoms with E-state index in [2.05, 4.69) is 20.6 Å². The predicted octanol–water partition coefficient (Wildman–Crippen LogP) is 5.32. The number of hydrogen-bond acceptors (Lipinski definition) is 4. The summed E-state index contributed by atoms with van der Waals surface area (Å²) in [6.45, 7) is 0.632. The molecule has 1 aromatic heterocycles. The van der Waals surface area contributed by atoms with E-state index in [-0.39, 0.29) is 5.82 Å². The van der Waals surface area contributed by atoms with E-state index in [0.717, 1.165) is 12.0 Å². The molecule has 1 heterocycles. The van der Waals surface area contributed by atoms with Crippen molar-refractivity contribution in [3.63, 3.8) is 0 Å². The second-order valence-corrected chi connectivity index (χ2v) is 6.16. The zero-order valence-electron chi connectivity index (χ0n) is 13.1. The Morgan fingerprint density at radius 2 is 1.80 bits per heavy atom. The maximum atomic E-state index is 12.9. The number of benzene rings is 2. The summed E-state index contributed by atoms with van der Waals surface area (Å²) >= 11 is 12.1. The Bertz CT molecular complexity index is 856. The molecule has 0 radical (unpaired) electrons. The van der Waals surface area contributed by atoms with Gasteiger partial charge in [-0.3, -0.25) is 0 Å². The molecule has 4 nitrogen and oxygen atoms in total. The van der Waals surface area contributed by atoms with Crippen LogP contribution in [0.25, 0.3) is 0 Å². The van der Waals surface area contributed by atoms with Gasteiger partial charge in [-0.15, -0.1) is 0 Å². The van der Waals surface area contributed by atoms with Gasteiger partial charge < -0.3 is 10.6 Å². The monoisotopic (exact) mass is 376 g/mol. The molecule has 0 spiro atoms. The van der Waals surface area contributed by atoms with E-state index in [1.165, 1.54) is 12.1 Å². The van der Waals surface area contributed by atoms with Crippen LogP contribution in [-0.2, 0) is 6.42 Å². The minimum Gasteiger partial charge on any atom is -0.354 e. The smallest absolute Gasteiger partial charge is 0.224 e. The van der Waals surface area contributed by atoms with Crippen LogP contribution in [0, 0.1) is 5.82 Å². The quantitative estimate of drug-likeness (QED) is 0.610. The van der Waals surface area contributed by atoms with Crippen molar-refractivity contribution in [2.45, 2.75) is 6.42 Å². The highest BCUT2D eigenvalue weighted by molar-refractivity contribution is 6.35. The van der Waals surface area contributed by atoms with E-state index in [0.29, 0.717) is 34.0 Å². The first kappa shape index (κ1) is 17.5. The Kier molecular flexibility index (Phi) is 5.68. The zero-order chi connectivity index (χ0) is 17.6. The van der Waals surface area contributed by atoms with Crippen LogP contribution in [0.2, 0.25) is 10.0 Å². The van der Waals surface area contributed by atoms with E-state index in [1.807, 2.05) is 0 Å². The molecule has 3 rings (SSSR count). The molecular weight excluding hydrogens is 362 g/mol. The summed E-state index contributed by atoms with van der Waals surface area (Å²) in [7, 11) is 0. The van der Waals surface area contributed by atoms with Crippen LogP contribution in [0.3, 0.4) is 0 Å². The Morgan fingerprint density at radius 1 is 1.00 bits per heavy atom. The summed E-state index contributed by atoms with van der Waals surface area (Å²) in [5.74, 6) is 0.854. The molecule has 0 saturated carbocycles. The number of nitrogens with one attached hydrogen (secondary N) is 2. The van der Waals surface area contributed by atoms with Gasteiger partial charge in [0.05, 0.1) is 10.7 Å². The van der Waals surface area contributed by atoms with Crippen molar-refractivity contribution >= 4 is 40.7 Å². The first-order valence-electron chi connectivity index (χ1n) is 7.63. The van der Waals surface area contributed by atoms with Crippen LogP contribution in [-0.4, -0.2) is 16.5 Å². The molecule has 0 saturated heterocycles. The lowest BCUT2D eigenvalue weighted by Crippen LogP contribution is -2.08. The van der Waals surface area contributed by atoms with Gasteiger partial charge in [-0.25, -0.2) is 9.37 Å². The van der Waals surface area contributed by atoms with E-state index >= 15 is 0 Å². The Morgan fingerprint density at radius 3 is 2.60 bits per heavy atom. The molecule has 0 atom stereocenters. The van der Waals surface area contributed by atoms with Crippen LogP contribution in [0.4, 0.5) is 21.8 Å². The number of anilines is 3. The van der Waals surface area contributed by atoms with Gasteiger partial charge in [0.1, 0.15) is 11.6 Å². The van der Waals surface area contributed by atoms with Crippen LogP contribution in [0.15, 0.2) is 54.7 Å². The highest BCUT2D eigenvalue weighted by atomic mass is 35.5. The van der Waals surface area contributed by atoms with Crippen molar-refractivity contribution in [3.05, 3.63) is 76.2 Å².